The van der Waals surface area contributed by atoms with E-state index in [1.165, 1.54) is 21.6 Å². The van der Waals surface area contributed by atoms with Gasteiger partial charge in [0.1, 0.15) is 0 Å². The van der Waals surface area contributed by atoms with Gasteiger partial charge in [-0.25, -0.2) is 0 Å². The minimum Gasteiger partial charge on any atom is -0.459 e. The summed E-state index contributed by atoms with van der Waals surface area (Å²) in [5.41, 5.74) is 3.64. The molecule has 0 fully saturated rings. The molecule has 1 atom stereocenters. The molecule has 4 heteroatoms. The highest BCUT2D eigenvalue weighted by Gasteiger charge is 2.34. The van der Waals surface area contributed by atoms with Gasteiger partial charge in [0, 0.05) is 11.4 Å². The lowest BCUT2D eigenvalue weighted by atomic mass is 9.90. The van der Waals surface area contributed by atoms with Crippen molar-refractivity contribution in [3.63, 3.8) is 0 Å². The Kier molecular flexibility index (Phi) is 3.54. The monoisotopic (exact) mass is 323 g/mol. The van der Waals surface area contributed by atoms with E-state index >= 15 is 0 Å². The number of hydrogen-bond donors (Lipinski definition) is 0. The van der Waals surface area contributed by atoms with Gasteiger partial charge in [-0.1, -0.05) is 24.3 Å². The van der Waals surface area contributed by atoms with Crippen molar-refractivity contribution in [3.8, 4) is 0 Å². The first-order valence-electron chi connectivity index (χ1n) is 7.72. The summed E-state index contributed by atoms with van der Waals surface area (Å²) in [4.78, 5) is 16.2. The highest BCUT2D eigenvalue weighted by Crippen LogP contribution is 2.39. The average molecular weight is 323 g/mol. The number of carbonyl (C=O) groups is 1. The van der Waals surface area contributed by atoms with Gasteiger partial charge in [0.15, 0.2) is 5.76 Å². The van der Waals surface area contributed by atoms with Crippen LogP contribution in [0.4, 0.5) is 0 Å². The number of rotatable bonds is 2. The third kappa shape index (κ3) is 2.39. The van der Waals surface area contributed by atoms with E-state index in [4.69, 9.17) is 4.42 Å². The molecule has 0 saturated carbocycles. The van der Waals surface area contributed by atoms with Crippen LogP contribution in [0.1, 0.15) is 38.2 Å². The lowest BCUT2D eigenvalue weighted by molar-refractivity contribution is 0.0663. The van der Waals surface area contributed by atoms with Crippen molar-refractivity contribution in [1.82, 2.24) is 4.90 Å². The Bertz CT molecular complexity index is 835. The molecular formula is C19H17NO2S. The van der Waals surface area contributed by atoms with Crippen LogP contribution >= 0.6 is 11.3 Å². The molecule has 1 amide bonds. The topological polar surface area (TPSA) is 33.5 Å². The van der Waals surface area contributed by atoms with Crippen LogP contribution in [0, 0.1) is 6.92 Å². The minimum absolute atomic E-state index is 0.0381. The molecule has 0 unspecified atom stereocenters. The molecule has 0 saturated heterocycles. The lowest BCUT2D eigenvalue weighted by Crippen LogP contribution is -2.40. The Morgan fingerprint density at radius 1 is 1.17 bits per heavy atom. The molecular weight excluding hydrogens is 306 g/mol. The van der Waals surface area contributed by atoms with Crippen LogP contribution in [0.15, 0.2) is 58.5 Å². The van der Waals surface area contributed by atoms with E-state index in [0.29, 0.717) is 12.3 Å². The van der Waals surface area contributed by atoms with Crippen LogP contribution in [0.5, 0.6) is 0 Å². The van der Waals surface area contributed by atoms with Gasteiger partial charge in [-0.2, -0.15) is 0 Å². The van der Waals surface area contributed by atoms with Crippen molar-refractivity contribution < 1.29 is 9.21 Å². The van der Waals surface area contributed by atoms with Gasteiger partial charge < -0.3 is 9.32 Å². The number of thiophene rings is 1. The third-order valence-corrected chi connectivity index (χ3v) is 5.44. The largest absolute Gasteiger partial charge is 0.459 e. The fourth-order valence-corrected chi connectivity index (χ4v) is 4.21. The number of amides is 1. The minimum atomic E-state index is -0.0416. The number of carbonyl (C=O) groups excluding carboxylic acids is 1. The smallest absolute Gasteiger partial charge is 0.290 e. The maximum Gasteiger partial charge on any atom is 0.290 e. The standard InChI is InChI=1S/C19H17NO2S/c1-13-5-2-3-6-14(13)18-15-9-12-23-17(15)8-10-20(18)19(21)16-7-4-11-22-16/h2-7,9,11-12,18H,8,10H2,1H3/t18-/m0/s1. The maximum absolute atomic E-state index is 12.9. The zero-order chi connectivity index (χ0) is 15.8. The quantitative estimate of drug-likeness (QED) is 0.698. The van der Waals surface area contributed by atoms with Crippen LogP contribution in [0.25, 0.3) is 0 Å². The predicted octanol–water partition coefficient (Wildman–Crippen LogP) is 4.44. The van der Waals surface area contributed by atoms with E-state index in [9.17, 15) is 4.79 Å². The first kappa shape index (κ1) is 14.3. The predicted molar refractivity (Wildman–Crippen MR) is 90.8 cm³/mol. The van der Waals surface area contributed by atoms with Crippen LogP contribution in [-0.2, 0) is 6.42 Å². The summed E-state index contributed by atoms with van der Waals surface area (Å²) in [5, 5.41) is 2.12. The Hall–Kier alpha value is -2.33. The number of hydrogen-bond acceptors (Lipinski definition) is 3. The molecule has 3 nitrogen and oxygen atoms in total. The number of nitrogens with zero attached hydrogens (tertiary/aromatic N) is 1. The summed E-state index contributed by atoms with van der Waals surface area (Å²) in [7, 11) is 0. The molecule has 23 heavy (non-hydrogen) atoms. The van der Waals surface area contributed by atoms with Crippen molar-refractivity contribution in [3.05, 3.63) is 81.4 Å². The van der Waals surface area contributed by atoms with Crippen LogP contribution in [0.2, 0.25) is 0 Å². The SMILES string of the molecule is Cc1ccccc1[C@H]1c2ccsc2CCN1C(=O)c1ccco1. The highest BCUT2D eigenvalue weighted by atomic mass is 32.1. The van der Waals surface area contributed by atoms with Gasteiger partial charge in [-0.15, -0.1) is 11.3 Å². The summed E-state index contributed by atoms with van der Waals surface area (Å²) in [5.74, 6) is 0.363. The molecule has 0 aliphatic carbocycles. The van der Waals surface area contributed by atoms with Gasteiger partial charge in [-0.3, -0.25) is 4.79 Å². The first-order chi connectivity index (χ1) is 11.3. The second-order valence-electron chi connectivity index (χ2n) is 5.78. The Morgan fingerprint density at radius 3 is 2.83 bits per heavy atom. The van der Waals surface area contributed by atoms with E-state index in [2.05, 4.69) is 30.5 Å². The summed E-state index contributed by atoms with van der Waals surface area (Å²) in [6.45, 7) is 2.82. The summed E-state index contributed by atoms with van der Waals surface area (Å²) < 4.78 is 5.34. The van der Waals surface area contributed by atoms with Crippen molar-refractivity contribution in [2.75, 3.05) is 6.54 Å². The molecule has 0 N–H and O–H groups in total. The van der Waals surface area contributed by atoms with Gasteiger partial charge in [0.05, 0.1) is 12.3 Å². The van der Waals surface area contributed by atoms with Crippen molar-refractivity contribution >= 4 is 17.2 Å². The van der Waals surface area contributed by atoms with Crippen LogP contribution in [-0.4, -0.2) is 17.4 Å². The molecule has 1 aromatic carbocycles. The third-order valence-electron chi connectivity index (χ3n) is 4.44. The fourth-order valence-electron chi connectivity index (χ4n) is 3.31. The first-order valence-corrected chi connectivity index (χ1v) is 8.60. The zero-order valence-corrected chi connectivity index (χ0v) is 13.7. The summed E-state index contributed by atoms with van der Waals surface area (Å²) in [6, 6.07) is 13.9. The van der Waals surface area contributed by atoms with Crippen molar-refractivity contribution in [1.29, 1.82) is 0 Å². The second-order valence-corrected chi connectivity index (χ2v) is 6.78. The van der Waals surface area contributed by atoms with Crippen molar-refractivity contribution in [2.24, 2.45) is 0 Å². The van der Waals surface area contributed by atoms with Crippen molar-refractivity contribution in [2.45, 2.75) is 19.4 Å². The number of benzene rings is 1. The molecule has 0 radical (unpaired) electrons. The van der Waals surface area contributed by atoms with Gasteiger partial charge >= 0.3 is 0 Å². The van der Waals surface area contributed by atoms with Gasteiger partial charge in [0.2, 0.25) is 0 Å². The molecule has 0 bridgehead atoms. The number of furan rings is 1. The van der Waals surface area contributed by atoms with Gasteiger partial charge in [-0.05, 0) is 53.6 Å². The van der Waals surface area contributed by atoms with E-state index in [-0.39, 0.29) is 11.9 Å². The fraction of sp³-hybridized carbons (Fsp3) is 0.211. The maximum atomic E-state index is 12.9. The van der Waals surface area contributed by atoms with E-state index in [1.807, 2.05) is 17.0 Å². The summed E-state index contributed by atoms with van der Waals surface area (Å²) >= 11 is 1.78. The second kappa shape index (κ2) is 5.70. The normalized spacial score (nSPS) is 17.1. The van der Waals surface area contributed by atoms with Crippen LogP contribution < -0.4 is 0 Å². The Labute approximate surface area is 139 Å². The molecule has 1 aliphatic heterocycles. The zero-order valence-electron chi connectivity index (χ0n) is 12.9. The van der Waals surface area contributed by atoms with Gasteiger partial charge in [0.25, 0.3) is 5.91 Å². The number of aryl methyl sites for hydroxylation is 1. The Balaban J connectivity index is 1.83. The molecule has 1 aliphatic rings. The molecule has 3 aromatic rings. The number of fused-ring (bicyclic) bond motifs is 1. The van der Waals surface area contributed by atoms with Crippen LogP contribution in [0.3, 0.4) is 0 Å². The molecule has 4 rings (SSSR count). The van der Waals surface area contributed by atoms with E-state index < -0.39 is 0 Å². The Morgan fingerprint density at radius 2 is 2.04 bits per heavy atom. The van der Waals surface area contributed by atoms with E-state index in [0.717, 1.165) is 6.42 Å². The molecule has 3 heterocycles. The molecule has 2 aromatic heterocycles. The van der Waals surface area contributed by atoms with E-state index in [1.54, 1.807) is 29.7 Å². The summed E-state index contributed by atoms with van der Waals surface area (Å²) in [6.07, 6.45) is 2.46. The highest BCUT2D eigenvalue weighted by molar-refractivity contribution is 7.10. The average Bonchev–Trinajstić information content (AvgIpc) is 3.25. The molecule has 0 spiro atoms. The molecule has 116 valence electrons. The lowest BCUT2D eigenvalue weighted by Gasteiger charge is -2.36.